The van der Waals surface area contributed by atoms with Crippen molar-refractivity contribution in [3.63, 3.8) is 0 Å². The fraction of sp³-hybridized carbons (Fsp3) is 0.833. The van der Waals surface area contributed by atoms with Gasteiger partial charge in [-0.2, -0.15) is 0 Å². The summed E-state index contributed by atoms with van der Waals surface area (Å²) in [6.45, 7) is 10.9. The smallest absolute Gasteiger partial charge is 0.324 e. The molecule has 0 radical (unpaired) electrons. The molecule has 0 aromatic rings. The molecule has 0 aromatic carbocycles. The summed E-state index contributed by atoms with van der Waals surface area (Å²) in [4.78, 5) is 22.5. The van der Waals surface area contributed by atoms with Crippen molar-refractivity contribution in [1.29, 1.82) is 0 Å². The summed E-state index contributed by atoms with van der Waals surface area (Å²) in [7, 11) is 0. The lowest BCUT2D eigenvalue weighted by atomic mass is 10.1. The van der Waals surface area contributed by atoms with Crippen molar-refractivity contribution in [1.82, 2.24) is 5.32 Å². The molecule has 0 fully saturated rings. The molecule has 100 valence electrons. The van der Waals surface area contributed by atoms with Gasteiger partial charge >= 0.3 is 11.9 Å². The molecule has 0 aliphatic heterocycles. The SMILES string of the molecule is CC(C)(C)NC(CC(=O)O)C(=O)OC(C)(C)C. The predicted octanol–water partition coefficient (Wildman–Crippen LogP) is 1.56. The third kappa shape index (κ3) is 8.68. The lowest BCUT2D eigenvalue weighted by Gasteiger charge is -2.29. The molecular weight excluding hydrogens is 222 g/mol. The summed E-state index contributed by atoms with van der Waals surface area (Å²) in [5.74, 6) is -1.56. The number of hydrogen-bond donors (Lipinski definition) is 2. The van der Waals surface area contributed by atoms with Gasteiger partial charge in [-0.1, -0.05) is 0 Å². The first kappa shape index (κ1) is 15.9. The fourth-order valence-electron chi connectivity index (χ4n) is 1.26. The van der Waals surface area contributed by atoms with Crippen molar-refractivity contribution in [2.24, 2.45) is 0 Å². The highest BCUT2D eigenvalue weighted by Gasteiger charge is 2.30. The normalized spacial score (nSPS) is 14.2. The molecule has 1 atom stereocenters. The van der Waals surface area contributed by atoms with Gasteiger partial charge in [-0.15, -0.1) is 0 Å². The second-order valence-corrected chi connectivity index (χ2v) is 6.08. The van der Waals surface area contributed by atoms with Gasteiger partial charge < -0.3 is 9.84 Å². The van der Waals surface area contributed by atoms with E-state index in [2.05, 4.69) is 5.32 Å². The van der Waals surface area contributed by atoms with E-state index in [1.54, 1.807) is 20.8 Å². The van der Waals surface area contributed by atoms with Gasteiger partial charge in [0.1, 0.15) is 11.6 Å². The standard InChI is InChI=1S/C12H23NO4/c1-11(2,3)13-8(7-9(14)15)10(16)17-12(4,5)6/h8,13H,7H2,1-6H3,(H,14,15). The molecule has 1 unspecified atom stereocenters. The van der Waals surface area contributed by atoms with Crippen molar-refractivity contribution in [3.05, 3.63) is 0 Å². The minimum atomic E-state index is -1.03. The van der Waals surface area contributed by atoms with Crippen LogP contribution in [-0.4, -0.2) is 34.2 Å². The topological polar surface area (TPSA) is 75.6 Å². The molecule has 0 amide bonds. The molecule has 17 heavy (non-hydrogen) atoms. The highest BCUT2D eigenvalue weighted by Crippen LogP contribution is 2.12. The third-order valence-electron chi connectivity index (χ3n) is 1.68. The van der Waals surface area contributed by atoms with Crippen molar-refractivity contribution >= 4 is 11.9 Å². The average molecular weight is 245 g/mol. The monoisotopic (exact) mass is 245 g/mol. The Kier molecular flexibility index (Phi) is 5.13. The molecule has 5 nitrogen and oxygen atoms in total. The van der Waals surface area contributed by atoms with Gasteiger partial charge in [0.15, 0.2) is 0 Å². The highest BCUT2D eigenvalue weighted by atomic mass is 16.6. The third-order valence-corrected chi connectivity index (χ3v) is 1.68. The van der Waals surface area contributed by atoms with Gasteiger partial charge in [-0.05, 0) is 41.5 Å². The van der Waals surface area contributed by atoms with Crippen LogP contribution < -0.4 is 5.32 Å². The maximum atomic E-state index is 11.8. The first-order chi connectivity index (χ1) is 7.41. The maximum Gasteiger partial charge on any atom is 0.324 e. The molecule has 0 aromatic heterocycles. The maximum absolute atomic E-state index is 11.8. The van der Waals surface area contributed by atoms with Crippen LogP contribution in [0.15, 0.2) is 0 Å². The number of hydrogen-bond acceptors (Lipinski definition) is 4. The summed E-state index contributed by atoms with van der Waals surface area (Å²) < 4.78 is 5.18. The number of carboxylic acid groups (broad SMARTS) is 1. The van der Waals surface area contributed by atoms with Gasteiger partial charge in [0.05, 0.1) is 6.42 Å². The van der Waals surface area contributed by atoms with Crippen LogP contribution in [0.2, 0.25) is 0 Å². The highest BCUT2D eigenvalue weighted by molar-refractivity contribution is 5.82. The van der Waals surface area contributed by atoms with Gasteiger partial charge in [-0.3, -0.25) is 14.9 Å². The predicted molar refractivity (Wildman–Crippen MR) is 64.8 cm³/mol. The zero-order chi connectivity index (χ0) is 13.9. The Morgan fingerprint density at radius 3 is 1.94 bits per heavy atom. The number of ether oxygens (including phenoxy) is 1. The number of carbonyl (C=O) groups excluding carboxylic acids is 1. The van der Waals surface area contributed by atoms with Crippen molar-refractivity contribution < 1.29 is 19.4 Å². The van der Waals surface area contributed by atoms with E-state index in [4.69, 9.17) is 9.84 Å². The number of aliphatic carboxylic acids is 1. The summed E-state index contributed by atoms with van der Waals surface area (Å²) in [5.41, 5.74) is -0.968. The molecule has 0 aliphatic carbocycles. The minimum Gasteiger partial charge on any atom is -0.481 e. The molecule has 0 aliphatic rings. The zero-order valence-corrected chi connectivity index (χ0v) is 11.5. The van der Waals surface area contributed by atoms with Crippen LogP contribution in [-0.2, 0) is 14.3 Å². The quantitative estimate of drug-likeness (QED) is 0.735. The molecule has 0 heterocycles. The summed E-state index contributed by atoms with van der Waals surface area (Å²) in [5, 5.41) is 11.7. The lowest BCUT2D eigenvalue weighted by Crippen LogP contribution is -2.50. The van der Waals surface area contributed by atoms with Gasteiger partial charge in [0.2, 0.25) is 0 Å². The molecule has 0 saturated heterocycles. The zero-order valence-electron chi connectivity index (χ0n) is 11.5. The number of nitrogens with one attached hydrogen (secondary N) is 1. The fourth-order valence-corrected chi connectivity index (χ4v) is 1.26. The van der Waals surface area contributed by atoms with Crippen molar-refractivity contribution in [2.75, 3.05) is 0 Å². The van der Waals surface area contributed by atoms with E-state index in [-0.39, 0.29) is 12.0 Å². The van der Waals surface area contributed by atoms with Crippen LogP contribution in [0.5, 0.6) is 0 Å². The Labute approximate surface area is 103 Å². The van der Waals surface area contributed by atoms with Gasteiger partial charge in [0.25, 0.3) is 0 Å². The Hall–Kier alpha value is -1.10. The van der Waals surface area contributed by atoms with Crippen LogP contribution in [0.3, 0.4) is 0 Å². The molecule has 0 spiro atoms. The Morgan fingerprint density at radius 2 is 1.65 bits per heavy atom. The van der Waals surface area contributed by atoms with Gasteiger partial charge in [-0.25, -0.2) is 0 Å². The van der Waals surface area contributed by atoms with Crippen LogP contribution in [0.4, 0.5) is 0 Å². The van der Waals surface area contributed by atoms with E-state index in [1.807, 2.05) is 20.8 Å². The minimum absolute atomic E-state index is 0.286. The molecular formula is C12H23NO4. The van der Waals surface area contributed by atoms with Crippen molar-refractivity contribution in [3.8, 4) is 0 Å². The molecule has 0 bridgehead atoms. The van der Waals surface area contributed by atoms with E-state index in [0.717, 1.165) is 0 Å². The van der Waals surface area contributed by atoms with E-state index in [1.165, 1.54) is 0 Å². The van der Waals surface area contributed by atoms with E-state index in [0.29, 0.717) is 0 Å². The summed E-state index contributed by atoms with van der Waals surface area (Å²) in [6, 6.07) is -0.827. The molecule has 0 rings (SSSR count). The molecule has 2 N–H and O–H groups in total. The Morgan fingerprint density at radius 1 is 1.18 bits per heavy atom. The average Bonchev–Trinajstić information content (AvgIpc) is 1.95. The Balaban J connectivity index is 4.68. The second kappa shape index (κ2) is 5.49. The number of carboxylic acids is 1. The van der Waals surface area contributed by atoms with Crippen LogP contribution >= 0.6 is 0 Å². The van der Waals surface area contributed by atoms with Crippen LogP contribution in [0.1, 0.15) is 48.0 Å². The van der Waals surface area contributed by atoms with E-state index >= 15 is 0 Å². The van der Waals surface area contributed by atoms with Crippen LogP contribution in [0.25, 0.3) is 0 Å². The van der Waals surface area contributed by atoms with Crippen molar-refractivity contribution in [2.45, 2.75) is 65.1 Å². The van der Waals surface area contributed by atoms with E-state index < -0.39 is 23.6 Å². The first-order valence-electron chi connectivity index (χ1n) is 5.63. The van der Waals surface area contributed by atoms with Gasteiger partial charge in [0, 0.05) is 5.54 Å². The van der Waals surface area contributed by atoms with Crippen LogP contribution in [0, 0.1) is 0 Å². The number of esters is 1. The lowest BCUT2D eigenvalue weighted by molar-refractivity contribution is -0.160. The Bertz CT molecular complexity index is 286. The first-order valence-corrected chi connectivity index (χ1v) is 5.63. The summed E-state index contributed by atoms with van der Waals surface area (Å²) >= 11 is 0. The number of carbonyl (C=O) groups is 2. The largest absolute Gasteiger partial charge is 0.481 e. The molecule has 0 saturated carbocycles. The summed E-state index contributed by atoms with van der Waals surface area (Å²) in [6.07, 6.45) is -0.286. The van der Waals surface area contributed by atoms with E-state index in [9.17, 15) is 9.59 Å². The number of rotatable bonds is 4. The molecule has 5 heteroatoms. The second-order valence-electron chi connectivity index (χ2n) is 6.08.